The van der Waals surface area contributed by atoms with Gasteiger partial charge < -0.3 is 4.90 Å². The Bertz CT molecular complexity index is 762. The maximum absolute atomic E-state index is 12.9. The molecule has 0 radical (unpaired) electrons. The first kappa shape index (κ1) is 17.5. The molecule has 2 aromatic rings. The predicted octanol–water partition coefficient (Wildman–Crippen LogP) is 2.79. The molecule has 0 saturated carbocycles. The highest BCUT2D eigenvalue weighted by Crippen LogP contribution is 2.31. The van der Waals surface area contributed by atoms with Crippen LogP contribution in [0.5, 0.6) is 0 Å². The van der Waals surface area contributed by atoms with Crippen LogP contribution in [0, 0.1) is 5.92 Å². The zero-order chi connectivity index (χ0) is 18.1. The van der Waals surface area contributed by atoms with Crippen LogP contribution in [0.4, 0.5) is 0 Å². The fourth-order valence-electron chi connectivity index (χ4n) is 4.16. The molecule has 3 fully saturated rings. The molecule has 3 aliphatic heterocycles. The zero-order valence-corrected chi connectivity index (χ0v) is 16.2. The summed E-state index contributed by atoms with van der Waals surface area (Å²) >= 11 is 1.52. The average molecular weight is 372 g/mol. The number of pyridine rings is 1. The number of piperidine rings is 1. The molecule has 5 rings (SSSR count). The summed E-state index contributed by atoms with van der Waals surface area (Å²) in [4.78, 5) is 22.8. The second-order valence-corrected chi connectivity index (χ2v) is 8.55. The van der Waals surface area contributed by atoms with Crippen molar-refractivity contribution in [2.24, 2.45) is 5.92 Å². The summed E-state index contributed by atoms with van der Waals surface area (Å²) in [5.41, 5.74) is 1.81. The molecule has 26 heavy (non-hydrogen) atoms. The van der Waals surface area contributed by atoms with Crippen LogP contribution in [0.15, 0.2) is 24.5 Å². The van der Waals surface area contributed by atoms with Crippen molar-refractivity contribution in [3.63, 3.8) is 0 Å². The highest BCUT2D eigenvalue weighted by Gasteiger charge is 2.37. The third-order valence-corrected chi connectivity index (χ3v) is 6.22. The van der Waals surface area contributed by atoms with Crippen molar-refractivity contribution >= 4 is 17.4 Å². The van der Waals surface area contributed by atoms with Gasteiger partial charge in [0.2, 0.25) is 0 Å². The van der Waals surface area contributed by atoms with E-state index in [0.717, 1.165) is 38.3 Å². The molecule has 0 N–H and O–H groups in total. The van der Waals surface area contributed by atoms with Crippen molar-refractivity contribution in [3.05, 3.63) is 40.7 Å². The Morgan fingerprint density at radius 2 is 2.19 bits per heavy atom. The maximum atomic E-state index is 12.9. The minimum absolute atomic E-state index is 0.110. The van der Waals surface area contributed by atoms with Crippen LogP contribution in [0.3, 0.4) is 0 Å². The van der Waals surface area contributed by atoms with E-state index in [9.17, 15) is 4.79 Å². The molecule has 2 bridgehead atoms. The van der Waals surface area contributed by atoms with E-state index >= 15 is 0 Å². The van der Waals surface area contributed by atoms with Gasteiger partial charge in [-0.15, -0.1) is 5.10 Å². The molecule has 0 aromatic carbocycles. The van der Waals surface area contributed by atoms with Crippen LogP contribution in [0.2, 0.25) is 0 Å². The van der Waals surface area contributed by atoms with E-state index in [1.807, 2.05) is 17.0 Å². The second kappa shape index (κ2) is 7.40. The molecule has 0 spiro atoms. The lowest BCUT2D eigenvalue weighted by Gasteiger charge is -2.35. The number of nitrogens with zero attached hydrogens (tertiary/aromatic N) is 5. The summed E-state index contributed by atoms with van der Waals surface area (Å²) in [5.74, 6) is 1.05. The molecule has 7 heteroatoms. The Kier molecular flexibility index (Phi) is 5.00. The van der Waals surface area contributed by atoms with Gasteiger partial charge in [-0.05, 0) is 48.3 Å². The number of fused-ring (bicyclic) bond motifs is 4. The molecule has 6 nitrogen and oxygen atoms in total. The topological polar surface area (TPSA) is 62.2 Å². The van der Waals surface area contributed by atoms with Crippen LogP contribution in [-0.4, -0.2) is 56.0 Å². The maximum Gasteiger partial charge on any atom is 0.255 e. The second-order valence-electron chi connectivity index (χ2n) is 7.71. The summed E-state index contributed by atoms with van der Waals surface area (Å²) in [6, 6.07) is 4.10. The number of hydrogen-bond donors (Lipinski definition) is 0. The lowest BCUT2D eigenvalue weighted by molar-refractivity contribution is 0.0735. The number of aromatic nitrogens is 3. The molecule has 5 heterocycles. The molecule has 0 aliphatic carbocycles. The fourth-order valence-corrected chi connectivity index (χ4v) is 4.98. The quantitative estimate of drug-likeness (QED) is 0.827. The summed E-state index contributed by atoms with van der Waals surface area (Å²) in [7, 11) is 0. The Morgan fingerprint density at radius 1 is 1.31 bits per heavy atom. The SMILES string of the molecule is CC(C)c1nnsc1CN1C[C@H]2CC[C@@H]1CN(C(=O)c1cccnc1)C2. The third kappa shape index (κ3) is 3.50. The normalized spacial score (nSPS) is 23.4. The Morgan fingerprint density at radius 3 is 2.96 bits per heavy atom. The molecule has 3 saturated heterocycles. The summed E-state index contributed by atoms with van der Waals surface area (Å²) in [5, 5.41) is 4.32. The average Bonchev–Trinajstić information content (AvgIpc) is 2.93. The van der Waals surface area contributed by atoms with Gasteiger partial charge in [0.05, 0.1) is 16.1 Å². The van der Waals surface area contributed by atoms with Gasteiger partial charge in [0.1, 0.15) is 0 Å². The predicted molar refractivity (Wildman–Crippen MR) is 101 cm³/mol. The lowest BCUT2D eigenvalue weighted by Crippen LogP contribution is -2.44. The van der Waals surface area contributed by atoms with E-state index in [1.165, 1.54) is 22.8 Å². The van der Waals surface area contributed by atoms with Crippen molar-refractivity contribution in [1.29, 1.82) is 0 Å². The van der Waals surface area contributed by atoms with Gasteiger partial charge >= 0.3 is 0 Å². The zero-order valence-electron chi connectivity index (χ0n) is 15.3. The minimum Gasteiger partial charge on any atom is -0.337 e. The minimum atomic E-state index is 0.110. The smallest absolute Gasteiger partial charge is 0.255 e. The summed E-state index contributed by atoms with van der Waals surface area (Å²) < 4.78 is 4.17. The van der Waals surface area contributed by atoms with E-state index in [0.29, 0.717) is 23.4 Å². The van der Waals surface area contributed by atoms with Crippen LogP contribution in [0.25, 0.3) is 0 Å². The molecular weight excluding hydrogens is 346 g/mol. The number of rotatable bonds is 4. The lowest BCUT2D eigenvalue weighted by atomic mass is 9.95. The van der Waals surface area contributed by atoms with Gasteiger partial charge in [-0.1, -0.05) is 18.3 Å². The molecule has 138 valence electrons. The Hall–Kier alpha value is -1.86. The number of amides is 1. The van der Waals surface area contributed by atoms with Crippen LogP contribution >= 0.6 is 11.5 Å². The van der Waals surface area contributed by atoms with Crippen LogP contribution in [-0.2, 0) is 6.54 Å². The van der Waals surface area contributed by atoms with E-state index < -0.39 is 0 Å². The van der Waals surface area contributed by atoms with Gasteiger partial charge in [-0.25, -0.2) is 0 Å². The monoisotopic (exact) mass is 371 g/mol. The first-order chi connectivity index (χ1) is 12.6. The van der Waals surface area contributed by atoms with Gasteiger partial charge in [-0.3, -0.25) is 14.7 Å². The first-order valence-corrected chi connectivity index (χ1v) is 10.1. The first-order valence-electron chi connectivity index (χ1n) is 9.36. The molecule has 3 aliphatic rings. The van der Waals surface area contributed by atoms with Gasteiger partial charge in [0, 0.05) is 44.6 Å². The standard InChI is InChI=1S/C19H25N5OS/c1-13(2)18-17(26-22-21-18)12-23-9-14-5-6-16(23)11-24(10-14)19(25)15-4-3-7-20-8-15/h3-4,7-8,13-14,16H,5-6,9-12H2,1-2H3/t14-,16-/m1/s1. The molecule has 0 unspecified atom stereocenters. The number of hydrogen-bond acceptors (Lipinski definition) is 6. The third-order valence-electron chi connectivity index (χ3n) is 5.50. The Balaban J connectivity index is 1.50. The van der Waals surface area contributed by atoms with Crippen molar-refractivity contribution in [3.8, 4) is 0 Å². The van der Waals surface area contributed by atoms with E-state index in [2.05, 4.69) is 33.3 Å². The van der Waals surface area contributed by atoms with E-state index in [1.54, 1.807) is 12.4 Å². The highest BCUT2D eigenvalue weighted by molar-refractivity contribution is 7.05. The van der Waals surface area contributed by atoms with Crippen LogP contribution in [0.1, 0.15) is 53.5 Å². The highest BCUT2D eigenvalue weighted by atomic mass is 32.1. The van der Waals surface area contributed by atoms with Crippen molar-refractivity contribution < 1.29 is 4.79 Å². The number of carbonyl (C=O) groups is 1. The van der Waals surface area contributed by atoms with Crippen molar-refractivity contribution in [2.75, 3.05) is 19.6 Å². The van der Waals surface area contributed by atoms with Gasteiger partial charge in [0.15, 0.2) is 0 Å². The molecule has 1 amide bonds. The van der Waals surface area contributed by atoms with Crippen molar-refractivity contribution in [1.82, 2.24) is 24.4 Å². The summed E-state index contributed by atoms with van der Waals surface area (Å²) in [6.07, 6.45) is 5.74. The largest absolute Gasteiger partial charge is 0.337 e. The van der Waals surface area contributed by atoms with Gasteiger partial charge in [0.25, 0.3) is 5.91 Å². The van der Waals surface area contributed by atoms with E-state index in [4.69, 9.17) is 0 Å². The van der Waals surface area contributed by atoms with Crippen LogP contribution < -0.4 is 0 Å². The molecular formula is C19H25N5OS. The van der Waals surface area contributed by atoms with Crippen molar-refractivity contribution in [2.45, 2.75) is 45.2 Å². The van der Waals surface area contributed by atoms with Gasteiger partial charge in [-0.2, -0.15) is 0 Å². The van der Waals surface area contributed by atoms with E-state index in [-0.39, 0.29) is 5.91 Å². The molecule has 2 atom stereocenters. The number of carbonyl (C=O) groups excluding carboxylic acids is 1. The molecule has 2 aromatic heterocycles. The fraction of sp³-hybridized carbons (Fsp3) is 0.579. The summed E-state index contributed by atoms with van der Waals surface area (Å²) in [6.45, 7) is 7.94. The Labute approximate surface area is 158 Å².